The Balaban J connectivity index is 1.89. The predicted octanol–water partition coefficient (Wildman–Crippen LogP) is 4.01. The molecule has 0 aliphatic carbocycles. The van der Waals surface area contributed by atoms with Crippen LogP contribution in [0, 0.1) is 18.3 Å². The minimum Gasteiger partial charge on any atom is -0.467 e. The van der Waals surface area contributed by atoms with Crippen LogP contribution in [0.1, 0.15) is 11.1 Å². The molecule has 118 valence electrons. The Bertz CT molecular complexity index is 942. The molecule has 1 unspecified atom stereocenters. The van der Waals surface area contributed by atoms with Gasteiger partial charge in [0.25, 0.3) is 0 Å². The summed E-state index contributed by atoms with van der Waals surface area (Å²) in [5, 5.41) is 12.8. The zero-order valence-corrected chi connectivity index (χ0v) is 13.9. The van der Waals surface area contributed by atoms with E-state index >= 15 is 0 Å². The van der Waals surface area contributed by atoms with Gasteiger partial charge in [0.1, 0.15) is 23.2 Å². The summed E-state index contributed by atoms with van der Waals surface area (Å²) in [4.78, 5) is 0.00616. The number of nitrogens with two attached hydrogens (primary N) is 1. The van der Waals surface area contributed by atoms with Crippen LogP contribution in [0.4, 0.5) is 5.69 Å². The fourth-order valence-electron chi connectivity index (χ4n) is 2.88. The van der Waals surface area contributed by atoms with Crippen molar-refractivity contribution in [2.45, 2.75) is 16.8 Å². The number of thioether (sulfide) groups is 1. The molecule has 4 rings (SSSR count). The Labute approximate surface area is 144 Å². The van der Waals surface area contributed by atoms with Crippen molar-refractivity contribution in [3.8, 4) is 11.8 Å². The third kappa shape index (κ3) is 2.24. The molecular formula is C19H15N3OS. The summed E-state index contributed by atoms with van der Waals surface area (Å²) >= 11 is 1.47. The van der Waals surface area contributed by atoms with Crippen LogP contribution < -0.4 is 15.8 Å². The molecule has 1 spiro atoms. The smallest absolute Gasteiger partial charge is 0.217 e. The highest BCUT2D eigenvalue weighted by molar-refractivity contribution is 8.01. The van der Waals surface area contributed by atoms with Gasteiger partial charge in [-0.15, -0.1) is 0 Å². The lowest BCUT2D eigenvalue weighted by Gasteiger charge is -2.33. The lowest BCUT2D eigenvalue weighted by molar-refractivity contribution is 0.252. The van der Waals surface area contributed by atoms with E-state index in [-0.39, 0.29) is 0 Å². The highest BCUT2D eigenvalue weighted by atomic mass is 32.2. The topological polar surface area (TPSA) is 71.1 Å². The van der Waals surface area contributed by atoms with Crippen molar-refractivity contribution in [1.29, 1.82) is 5.26 Å². The van der Waals surface area contributed by atoms with Crippen LogP contribution in [0.3, 0.4) is 0 Å². The summed E-state index contributed by atoms with van der Waals surface area (Å²) in [6.45, 7) is 2.04. The number of rotatable bonds is 0. The monoisotopic (exact) mass is 333 g/mol. The van der Waals surface area contributed by atoms with Gasteiger partial charge in [-0.1, -0.05) is 41.6 Å². The largest absolute Gasteiger partial charge is 0.467 e. The van der Waals surface area contributed by atoms with Gasteiger partial charge in [-0.25, -0.2) is 0 Å². The zero-order valence-electron chi connectivity index (χ0n) is 13.0. The van der Waals surface area contributed by atoms with Gasteiger partial charge < -0.3 is 15.8 Å². The zero-order chi connectivity index (χ0) is 16.7. The predicted molar refractivity (Wildman–Crippen MR) is 96.3 cm³/mol. The molecule has 0 amide bonds. The molecule has 4 nitrogen and oxygen atoms in total. The molecule has 2 aromatic rings. The fraction of sp³-hybridized carbons (Fsp3) is 0.105. The van der Waals surface area contributed by atoms with Crippen LogP contribution in [0.25, 0.3) is 6.08 Å². The van der Waals surface area contributed by atoms with Crippen LogP contribution >= 0.6 is 11.8 Å². The number of hydrogen-bond donors (Lipinski definition) is 2. The standard InChI is InChI=1S/C19H15N3OS/c1-12-6-7-16-13(10-12)8-9-19(23-16)14(11-20)18(21)22-15-4-2-3-5-17(15)24-19/h2-10,22H,21H2,1H3. The molecule has 3 N–H and O–H groups in total. The second-order valence-corrected chi connectivity index (χ2v) is 7.02. The van der Waals surface area contributed by atoms with E-state index in [1.54, 1.807) is 0 Å². The van der Waals surface area contributed by atoms with Gasteiger partial charge in [0.15, 0.2) is 0 Å². The van der Waals surface area contributed by atoms with Crippen molar-refractivity contribution in [2.75, 3.05) is 5.32 Å². The summed E-state index contributed by atoms with van der Waals surface area (Å²) in [6.07, 6.45) is 3.91. The molecule has 2 aromatic carbocycles. The third-order valence-corrected chi connectivity index (χ3v) is 5.36. The molecule has 0 fully saturated rings. The van der Waals surface area contributed by atoms with Crippen LogP contribution in [-0.2, 0) is 0 Å². The number of hydrogen-bond acceptors (Lipinski definition) is 5. The molecule has 24 heavy (non-hydrogen) atoms. The number of anilines is 1. The summed E-state index contributed by atoms with van der Waals surface area (Å²) in [5.41, 5.74) is 9.57. The van der Waals surface area contributed by atoms with E-state index in [1.807, 2.05) is 55.5 Å². The highest BCUT2D eigenvalue weighted by Gasteiger charge is 2.42. The first-order valence-electron chi connectivity index (χ1n) is 7.55. The quantitative estimate of drug-likeness (QED) is 0.762. The molecule has 5 heteroatoms. The van der Waals surface area contributed by atoms with Crippen molar-refractivity contribution in [3.63, 3.8) is 0 Å². The Kier molecular flexibility index (Phi) is 3.29. The first-order valence-corrected chi connectivity index (χ1v) is 8.37. The van der Waals surface area contributed by atoms with E-state index in [0.29, 0.717) is 11.4 Å². The molecule has 2 aliphatic rings. The van der Waals surface area contributed by atoms with Crippen molar-refractivity contribution >= 4 is 23.5 Å². The SMILES string of the molecule is Cc1ccc2c(c1)C=CC1(O2)Sc2ccccc2NC(N)=C1C#N. The second kappa shape index (κ2) is 5.36. The van der Waals surface area contributed by atoms with E-state index in [1.165, 1.54) is 11.8 Å². The normalized spacial score (nSPS) is 21.2. The number of benzene rings is 2. The van der Waals surface area contributed by atoms with Crippen molar-refractivity contribution in [2.24, 2.45) is 5.73 Å². The van der Waals surface area contributed by atoms with Gasteiger partial charge in [-0.3, -0.25) is 0 Å². The fourth-order valence-corrected chi connectivity index (χ4v) is 4.11. The van der Waals surface area contributed by atoms with E-state index in [4.69, 9.17) is 10.5 Å². The molecule has 0 bridgehead atoms. The maximum Gasteiger partial charge on any atom is 0.217 e. The molecule has 0 aromatic heterocycles. The number of para-hydroxylation sites is 1. The Morgan fingerprint density at radius 1 is 1.25 bits per heavy atom. The van der Waals surface area contributed by atoms with E-state index in [0.717, 1.165) is 27.5 Å². The summed E-state index contributed by atoms with van der Waals surface area (Å²) in [6, 6.07) is 16.0. The van der Waals surface area contributed by atoms with E-state index < -0.39 is 4.93 Å². The molecule has 0 radical (unpaired) electrons. The van der Waals surface area contributed by atoms with Gasteiger partial charge in [0, 0.05) is 10.5 Å². The van der Waals surface area contributed by atoms with Gasteiger partial charge >= 0.3 is 0 Å². The van der Waals surface area contributed by atoms with Gasteiger partial charge in [-0.2, -0.15) is 5.26 Å². The van der Waals surface area contributed by atoms with Gasteiger partial charge in [0.05, 0.1) is 5.69 Å². The number of nitriles is 1. The highest BCUT2D eigenvalue weighted by Crippen LogP contribution is 2.49. The second-order valence-electron chi connectivity index (χ2n) is 5.77. The Morgan fingerprint density at radius 3 is 2.92 bits per heavy atom. The first kappa shape index (κ1) is 14.7. The van der Waals surface area contributed by atoms with Crippen molar-refractivity contribution < 1.29 is 4.74 Å². The van der Waals surface area contributed by atoms with Gasteiger partial charge in [0.2, 0.25) is 4.93 Å². The molecule has 2 aliphatic heterocycles. The maximum absolute atomic E-state index is 9.72. The lowest BCUT2D eigenvalue weighted by Crippen LogP contribution is -2.35. The minimum absolute atomic E-state index is 0.315. The van der Waals surface area contributed by atoms with Crippen LogP contribution in [0.15, 0.2) is 64.8 Å². The van der Waals surface area contributed by atoms with Crippen LogP contribution in [0.5, 0.6) is 5.75 Å². The number of nitrogens with one attached hydrogen (secondary N) is 1. The van der Waals surface area contributed by atoms with E-state index in [9.17, 15) is 5.26 Å². The molecular weight excluding hydrogens is 318 g/mol. The summed E-state index contributed by atoms with van der Waals surface area (Å²) < 4.78 is 6.30. The average Bonchev–Trinajstić information content (AvgIpc) is 2.68. The third-order valence-electron chi connectivity index (χ3n) is 4.06. The molecule has 1 atom stereocenters. The summed E-state index contributed by atoms with van der Waals surface area (Å²) in [5.74, 6) is 1.06. The maximum atomic E-state index is 9.72. The van der Waals surface area contributed by atoms with Crippen molar-refractivity contribution in [3.05, 3.63) is 71.1 Å². The Morgan fingerprint density at radius 2 is 2.08 bits per heavy atom. The first-order chi connectivity index (χ1) is 11.6. The van der Waals surface area contributed by atoms with Crippen molar-refractivity contribution in [1.82, 2.24) is 0 Å². The van der Waals surface area contributed by atoms with Gasteiger partial charge in [-0.05, 0) is 37.3 Å². The van der Waals surface area contributed by atoms with E-state index in [2.05, 4.69) is 17.5 Å². The lowest BCUT2D eigenvalue weighted by atomic mass is 10.0. The van der Waals surface area contributed by atoms with Crippen LogP contribution in [0.2, 0.25) is 0 Å². The number of ether oxygens (including phenoxy) is 1. The summed E-state index contributed by atoms with van der Waals surface area (Å²) in [7, 11) is 0. The minimum atomic E-state index is -0.972. The molecule has 0 saturated heterocycles. The molecule has 2 heterocycles. The number of nitrogens with zero attached hydrogens (tertiary/aromatic N) is 1. The Hall–Kier alpha value is -2.84. The number of fused-ring (bicyclic) bond motifs is 2. The number of aryl methyl sites for hydroxylation is 1. The average molecular weight is 333 g/mol. The molecule has 0 saturated carbocycles. The van der Waals surface area contributed by atoms with Crippen LogP contribution in [-0.4, -0.2) is 4.93 Å².